The van der Waals surface area contributed by atoms with Crippen LogP contribution in [0, 0.1) is 11.7 Å². The molecule has 2 saturated heterocycles. The standard InChI is InChI=1S/C17H20ClFN2O3S2/c1-3-10(4-2)16(22)20-17-21(11-5-6-12(18)13(19)7-11)14-8-26(23,24)9-15(14)25-17/h5-7,10,14-15H,3-4,8-9H2,1-2H3/t14-,15-/m1/s1. The predicted octanol–water partition coefficient (Wildman–Crippen LogP) is 3.52. The molecule has 1 aromatic rings. The molecule has 3 rings (SSSR count). The van der Waals surface area contributed by atoms with Gasteiger partial charge in [0.25, 0.3) is 5.91 Å². The fourth-order valence-corrected chi connectivity index (χ4v) is 7.36. The molecule has 142 valence electrons. The minimum Gasteiger partial charge on any atom is -0.315 e. The first-order chi connectivity index (χ1) is 12.3. The third-order valence-corrected chi connectivity index (χ3v) is 8.30. The van der Waals surface area contributed by atoms with Crippen molar-refractivity contribution in [2.24, 2.45) is 10.9 Å². The van der Waals surface area contributed by atoms with Crippen LogP contribution in [-0.2, 0) is 14.6 Å². The van der Waals surface area contributed by atoms with Gasteiger partial charge in [-0.25, -0.2) is 12.8 Å². The lowest BCUT2D eigenvalue weighted by atomic mass is 10.0. The minimum atomic E-state index is -3.16. The van der Waals surface area contributed by atoms with Crippen molar-refractivity contribution in [1.29, 1.82) is 0 Å². The predicted molar refractivity (Wildman–Crippen MR) is 104 cm³/mol. The maximum atomic E-state index is 14.0. The molecule has 0 aromatic heterocycles. The number of rotatable bonds is 4. The van der Waals surface area contributed by atoms with Crippen molar-refractivity contribution in [2.75, 3.05) is 16.4 Å². The van der Waals surface area contributed by atoms with Crippen LogP contribution in [0.15, 0.2) is 23.2 Å². The number of carbonyl (C=O) groups excluding carboxylic acids is 1. The van der Waals surface area contributed by atoms with Gasteiger partial charge in [-0.05, 0) is 31.0 Å². The summed E-state index contributed by atoms with van der Waals surface area (Å²) < 4.78 is 38.0. The molecule has 0 aliphatic carbocycles. The Morgan fingerprint density at radius 3 is 2.69 bits per heavy atom. The molecule has 0 saturated carbocycles. The molecule has 0 spiro atoms. The van der Waals surface area contributed by atoms with Gasteiger partial charge in [0.2, 0.25) is 0 Å². The van der Waals surface area contributed by atoms with E-state index in [4.69, 9.17) is 11.6 Å². The van der Waals surface area contributed by atoms with E-state index in [1.165, 1.54) is 23.9 Å². The monoisotopic (exact) mass is 418 g/mol. The summed E-state index contributed by atoms with van der Waals surface area (Å²) in [4.78, 5) is 18.4. The van der Waals surface area contributed by atoms with E-state index in [1.54, 1.807) is 11.0 Å². The van der Waals surface area contributed by atoms with Gasteiger partial charge in [0.05, 0.1) is 22.6 Å². The van der Waals surface area contributed by atoms with Crippen LogP contribution in [0.1, 0.15) is 26.7 Å². The molecule has 2 aliphatic rings. The fourth-order valence-electron chi connectivity index (χ4n) is 3.32. The number of fused-ring (bicyclic) bond motifs is 1. The highest BCUT2D eigenvalue weighted by Gasteiger charge is 2.49. The van der Waals surface area contributed by atoms with Gasteiger partial charge in [0.15, 0.2) is 15.0 Å². The van der Waals surface area contributed by atoms with Crippen molar-refractivity contribution in [1.82, 2.24) is 0 Å². The van der Waals surface area contributed by atoms with Crippen molar-refractivity contribution in [3.8, 4) is 0 Å². The molecular weight excluding hydrogens is 399 g/mol. The molecule has 26 heavy (non-hydrogen) atoms. The fraction of sp³-hybridized carbons (Fsp3) is 0.529. The first-order valence-corrected chi connectivity index (χ1v) is 11.6. The van der Waals surface area contributed by atoms with E-state index in [9.17, 15) is 17.6 Å². The Morgan fingerprint density at radius 2 is 2.08 bits per heavy atom. The number of thioether (sulfide) groups is 1. The second kappa shape index (κ2) is 7.48. The smallest absolute Gasteiger partial charge is 0.251 e. The largest absolute Gasteiger partial charge is 0.315 e. The molecule has 0 unspecified atom stereocenters. The highest BCUT2D eigenvalue weighted by atomic mass is 35.5. The molecule has 2 fully saturated rings. The Hall–Kier alpha value is -1.12. The zero-order chi connectivity index (χ0) is 19.1. The molecule has 2 heterocycles. The van der Waals surface area contributed by atoms with E-state index < -0.39 is 15.7 Å². The molecule has 1 amide bonds. The molecule has 9 heteroatoms. The minimum absolute atomic E-state index is 0.0113. The van der Waals surface area contributed by atoms with E-state index in [-0.39, 0.29) is 39.6 Å². The number of benzene rings is 1. The quantitative estimate of drug-likeness (QED) is 0.748. The molecule has 0 bridgehead atoms. The highest BCUT2D eigenvalue weighted by Crippen LogP contribution is 2.41. The van der Waals surface area contributed by atoms with Crippen LogP contribution in [0.5, 0.6) is 0 Å². The number of nitrogens with zero attached hydrogens (tertiary/aromatic N) is 2. The third-order valence-electron chi connectivity index (χ3n) is 4.79. The van der Waals surface area contributed by atoms with Gasteiger partial charge in [-0.2, -0.15) is 4.99 Å². The molecule has 2 aliphatic heterocycles. The zero-order valence-corrected chi connectivity index (χ0v) is 16.9. The lowest BCUT2D eigenvalue weighted by Crippen LogP contribution is -2.38. The molecular formula is C17H20ClFN2O3S2. The van der Waals surface area contributed by atoms with Gasteiger partial charge in [0, 0.05) is 16.9 Å². The molecule has 0 N–H and O–H groups in total. The van der Waals surface area contributed by atoms with Crippen LogP contribution in [0.25, 0.3) is 0 Å². The SMILES string of the molecule is CCC(CC)C(=O)N=C1S[C@@H]2CS(=O)(=O)C[C@H]2N1c1ccc(Cl)c(F)c1. The molecule has 0 radical (unpaired) electrons. The van der Waals surface area contributed by atoms with Gasteiger partial charge < -0.3 is 4.90 Å². The van der Waals surface area contributed by atoms with Crippen molar-refractivity contribution >= 4 is 50.0 Å². The molecule has 2 atom stereocenters. The summed E-state index contributed by atoms with van der Waals surface area (Å²) in [5.74, 6) is -0.986. The summed E-state index contributed by atoms with van der Waals surface area (Å²) in [6, 6.07) is 3.94. The van der Waals surface area contributed by atoms with E-state index in [0.717, 1.165) is 0 Å². The summed E-state index contributed by atoms with van der Waals surface area (Å²) in [7, 11) is -3.16. The number of halogens is 2. The topological polar surface area (TPSA) is 66.8 Å². The number of sulfone groups is 1. The highest BCUT2D eigenvalue weighted by molar-refractivity contribution is 8.16. The molecule has 1 aromatic carbocycles. The Kier molecular flexibility index (Phi) is 5.65. The Bertz CT molecular complexity index is 856. The van der Waals surface area contributed by atoms with Crippen LogP contribution in [0.2, 0.25) is 5.02 Å². The third kappa shape index (κ3) is 3.77. The average molecular weight is 419 g/mol. The van der Waals surface area contributed by atoms with Gasteiger partial charge in [-0.1, -0.05) is 37.2 Å². The average Bonchev–Trinajstić information content (AvgIpc) is 3.02. The number of carbonyl (C=O) groups is 1. The van der Waals surface area contributed by atoms with Gasteiger partial charge >= 0.3 is 0 Å². The lowest BCUT2D eigenvalue weighted by molar-refractivity contribution is -0.121. The van der Waals surface area contributed by atoms with E-state index >= 15 is 0 Å². The Labute approximate surface area is 161 Å². The number of anilines is 1. The number of hydrogen-bond donors (Lipinski definition) is 0. The summed E-state index contributed by atoms with van der Waals surface area (Å²) in [6.07, 6.45) is 1.38. The van der Waals surface area contributed by atoms with Crippen molar-refractivity contribution in [3.63, 3.8) is 0 Å². The Morgan fingerprint density at radius 1 is 1.38 bits per heavy atom. The van der Waals surface area contributed by atoms with Gasteiger partial charge in [-0.3, -0.25) is 4.79 Å². The summed E-state index contributed by atoms with van der Waals surface area (Å²) in [6.45, 7) is 3.86. The Balaban J connectivity index is 2.01. The maximum absolute atomic E-state index is 14.0. The summed E-state index contributed by atoms with van der Waals surface area (Å²) in [5.41, 5.74) is 0.458. The molecule has 5 nitrogen and oxygen atoms in total. The number of amides is 1. The van der Waals surface area contributed by atoms with Crippen LogP contribution in [0.4, 0.5) is 10.1 Å². The van der Waals surface area contributed by atoms with Crippen LogP contribution in [-0.4, -0.2) is 42.3 Å². The summed E-state index contributed by atoms with van der Waals surface area (Å²) in [5, 5.41) is 0.211. The zero-order valence-electron chi connectivity index (χ0n) is 14.5. The maximum Gasteiger partial charge on any atom is 0.251 e. The second-order valence-electron chi connectivity index (χ2n) is 6.52. The lowest BCUT2D eigenvalue weighted by Gasteiger charge is -2.25. The van der Waals surface area contributed by atoms with E-state index in [0.29, 0.717) is 23.7 Å². The van der Waals surface area contributed by atoms with Gasteiger partial charge in [0.1, 0.15) is 5.82 Å². The summed E-state index contributed by atoms with van der Waals surface area (Å²) >= 11 is 7.05. The number of amidine groups is 1. The van der Waals surface area contributed by atoms with Crippen LogP contribution < -0.4 is 4.90 Å². The van der Waals surface area contributed by atoms with Gasteiger partial charge in [-0.15, -0.1) is 0 Å². The first-order valence-electron chi connectivity index (χ1n) is 8.49. The van der Waals surface area contributed by atoms with Crippen LogP contribution >= 0.6 is 23.4 Å². The normalized spacial score (nSPS) is 25.9. The van der Waals surface area contributed by atoms with Crippen molar-refractivity contribution in [3.05, 3.63) is 29.0 Å². The number of hydrogen-bond acceptors (Lipinski definition) is 4. The van der Waals surface area contributed by atoms with Crippen molar-refractivity contribution in [2.45, 2.75) is 38.0 Å². The first kappa shape index (κ1) is 19.6. The van der Waals surface area contributed by atoms with E-state index in [1.807, 2.05) is 13.8 Å². The van der Waals surface area contributed by atoms with E-state index in [2.05, 4.69) is 4.99 Å². The van der Waals surface area contributed by atoms with Crippen molar-refractivity contribution < 1.29 is 17.6 Å². The number of aliphatic imine (C=N–C) groups is 1. The van der Waals surface area contributed by atoms with Crippen LogP contribution in [0.3, 0.4) is 0 Å². The second-order valence-corrected chi connectivity index (χ2v) is 10.3.